The molecule has 2 unspecified atom stereocenters. The number of anilines is 1. The fraction of sp³-hybridized carbons (Fsp3) is 0.600. The van der Waals surface area contributed by atoms with Crippen molar-refractivity contribution in [1.29, 1.82) is 0 Å². The third-order valence-electron chi connectivity index (χ3n) is 2.97. The maximum atomic E-state index is 11.5. The van der Waals surface area contributed by atoms with Crippen molar-refractivity contribution in [2.75, 3.05) is 25.1 Å². The lowest BCUT2D eigenvalue weighted by atomic mass is 10.1. The molecule has 0 aliphatic carbocycles. The molecule has 1 saturated heterocycles. The van der Waals surface area contributed by atoms with Crippen LogP contribution in [0.5, 0.6) is 5.75 Å². The molecule has 1 aliphatic heterocycles. The SMILES string of the molecule is COc1c(N2CC(C)C(N)C2)nc[nH]c1=O. The lowest BCUT2D eigenvalue weighted by molar-refractivity contribution is 0.406. The number of methoxy groups -OCH3 is 1. The molecule has 6 heteroatoms. The summed E-state index contributed by atoms with van der Waals surface area (Å²) < 4.78 is 5.07. The van der Waals surface area contributed by atoms with E-state index >= 15 is 0 Å². The molecule has 0 amide bonds. The summed E-state index contributed by atoms with van der Waals surface area (Å²) in [7, 11) is 1.47. The zero-order valence-corrected chi connectivity index (χ0v) is 9.43. The molecule has 16 heavy (non-hydrogen) atoms. The summed E-state index contributed by atoms with van der Waals surface area (Å²) in [5.74, 6) is 1.22. The van der Waals surface area contributed by atoms with Crippen LogP contribution in [0.3, 0.4) is 0 Å². The van der Waals surface area contributed by atoms with E-state index in [1.54, 1.807) is 0 Å². The number of ether oxygens (including phenoxy) is 1. The largest absolute Gasteiger partial charge is 0.489 e. The summed E-state index contributed by atoms with van der Waals surface area (Å²) >= 11 is 0. The van der Waals surface area contributed by atoms with Crippen molar-refractivity contribution in [2.45, 2.75) is 13.0 Å². The van der Waals surface area contributed by atoms with Crippen LogP contribution in [0.15, 0.2) is 11.1 Å². The number of aromatic amines is 1. The minimum absolute atomic E-state index is 0.116. The molecule has 0 spiro atoms. The first-order valence-corrected chi connectivity index (χ1v) is 5.25. The number of aromatic nitrogens is 2. The molecule has 1 aromatic heterocycles. The van der Waals surface area contributed by atoms with Gasteiger partial charge in [0.15, 0.2) is 5.82 Å². The Morgan fingerprint density at radius 1 is 1.62 bits per heavy atom. The molecule has 2 atom stereocenters. The Bertz CT molecular complexity index is 421. The summed E-state index contributed by atoms with van der Waals surface area (Å²) in [5, 5.41) is 0. The minimum Gasteiger partial charge on any atom is -0.489 e. The van der Waals surface area contributed by atoms with Gasteiger partial charge in [0.2, 0.25) is 5.75 Å². The zero-order valence-electron chi connectivity index (χ0n) is 9.43. The summed E-state index contributed by atoms with van der Waals surface area (Å²) in [6, 6.07) is 0.116. The van der Waals surface area contributed by atoms with Gasteiger partial charge in [-0.15, -0.1) is 0 Å². The Hall–Kier alpha value is -1.56. The van der Waals surface area contributed by atoms with Gasteiger partial charge in [-0.1, -0.05) is 6.92 Å². The third kappa shape index (κ3) is 1.76. The smallest absolute Gasteiger partial charge is 0.295 e. The van der Waals surface area contributed by atoms with E-state index in [2.05, 4.69) is 16.9 Å². The molecule has 0 bridgehead atoms. The van der Waals surface area contributed by atoms with E-state index in [4.69, 9.17) is 10.5 Å². The number of nitrogens with one attached hydrogen (secondary N) is 1. The number of hydrogen-bond donors (Lipinski definition) is 2. The van der Waals surface area contributed by atoms with Crippen molar-refractivity contribution < 1.29 is 4.74 Å². The van der Waals surface area contributed by atoms with Crippen molar-refractivity contribution in [2.24, 2.45) is 11.7 Å². The molecular formula is C10H16N4O2. The predicted octanol–water partition coefficient (Wildman–Crippen LogP) is -0.438. The average Bonchev–Trinajstić information content (AvgIpc) is 2.59. The van der Waals surface area contributed by atoms with Gasteiger partial charge in [-0.3, -0.25) is 4.79 Å². The highest BCUT2D eigenvalue weighted by atomic mass is 16.5. The first kappa shape index (κ1) is 10.9. The highest BCUT2D eigenvalue weighted by Gasteiger charge is 2.29. The maximum Gasteiger partial charge on any atom is 0.295 e. The van der Waals surface area contributed by atoms with Gasteiger partial charge in [-0.05, 0) is 5.92 Å². The molecule has 1 aliphatic rings. The molecule has 0 aromatic carbocycles. The summed E-state index contributed by atoms with van der Waals surface area (Å²) in [5.41, 5.74) is 5.68. The summed E-state index contributed by atoms with van der Waals surface area (Å²) in [6.07, 6.45) is 1.38. The van der Waals surface area contributed by atoms with Crippen LogP contribution in [0.2, 0.25) is 0 Å². The molecule has 0 radical (unpaired) electrons. The van der Waals surface area contributed by atoms with Crippen molar-refractivity contribution in [3.63, 3.8) is 0 Å². The normalized spacial score (nSPS) is 24.8. The second-order valence-corrected chi connectivity index (χ2v) is 4.13. The van der Waals surface area contributed by atoms with Crippen LogP contribution in [0.1, 0.15) is 6.92 Å². The Kier molecular flexibility index (Phi) is 2.82. The molecular weight excluding hydrogens is 208 g/mol. The van der Waals surface area contributed by atoms with Gasteiger partial charge < -0.3 is 20.4 Å². The van der Waals surface area contributed by atoms with Gasteiger partial charge in [0.1, 0.15) is 0 Å². The van der Waals surface area contributed by atoms with Crippen molar-refractivity contribution in [1.82, 2.24) is 9.97 Å². The standard InChI is InChI=1S/C10H16N4O2/c1-6-3-14(4-7(6)11)9-8(16-2)10(15)13-5-12-9/h5-7H,3-4,11H2,1-2H3,(H,12,13,15). The highest BCUT2D eigenvalue weighted by molar-refractivity contribution is 5.51. The van der Waals surface area contributed by atoms with Crippen molar-refractivity contribution in [3.05, 3.63) is 16.7 Å². The van der Waals surface area contributed by atoms with E-state index in [-0.39, 0.29) is 17.4 Å². The minimum atomic E-state index is -0.263. The lowest BCUT2D eigenvalue weighted by Gasteiger charge is -2.18. The van der Waals surface area contributed by atoms with Gasteiger partial charge in [0, 0.05) is 19.1 Å². The fourth-order valence-corrected chi connectivity index (χ4v) is 1.95. The summed E-state index contributed by atoms with van der Waals surface area (Å²) in [4.78, 5) is 20.1. The number of rotatable bonds is 2. The van der Waals surface area contributed by atoms with Gasteiger partial charge in [-0.2, -0.15) is 0 Å². The summed E-state index contributed by atoms with van der Waals surface area (Å²) in [6.45, 7) is 3.59. The maximum absolute atomic E-state index is 11.5. The van der Waals surface area contributed by atoms with Crippen LogP contribution >= 0.6 is 0 Å². The topological polar surface area (TPSA) is 84.2 Å². The van der Waals surface area contributed by atoms with Gasteiger partial charge in [0.05, 0.1) is 13.4 Å². The number of nitrogens with two attached hydrogens (primary N) is 1. The quantitative estimate of drug-likeness (QED) is 0.711. The molecule has 2 rings (SSSR count). The molecule has 1 aromatic rings. The van der Waals surface area contributed by atoms with Crippen LogP contribution < -0.4 is 20.9 Å². The monoisotopic (exact) mass is 224 g/mol. The predicted molar refractivity (Wildman–Crippen MR) is 60.8 cm³/mol. The zero-order chi connectivity index (χ0) is 11.7. The van der Waals surface area contributed by atoms with Gasteiger partial charge in [-0.25, -0.2) is 4.98 Å². The van der Waals surface area contributed by atoms with E-state index in [1.807, 2.05) is 4.90 Å². The third-order valence-corrected chi connectivity index (χ3v) is 2.97. The van der Waals surface area contributed by atoms with Gasteiger partial charge in [0.25, 0.3) is 5.56 Å². The van der Waals surface area contributed by atoms with Crippen molar-refractivity contribution >= 4 is 5.82 Å². The Morgan fingerprint density at radius 2 is 2.38 bits per heavy atom. The number of hydrogen-bond acceptors (Lipinski definition) is 5. The second-order valence-electron chi connectivity index (χ2n) is 4.13. The first-order valence-electron chi connectivity index (χ1n) is 5.25. The molecule has 0 saturated carbocycles. The lowest BCUT2D eigenvalue weighted by Crippen LogP contribution is -2.29. The number of H-pyrrole nitrogens is 1. The van der Waals surface area contributed by atoms with E-state index in [0.29, 0.717) is 18.3 Å². The Morgan fingerprint density at radius 3 is 2.94 bits per heavy atom. The van der Waals surface area contributed by atoms with E-state index in [0.717, 1.165) is 6.54 Å². The average molecular weight is 224 g/mol. The molecule has 3 N–H and O–H groups in total. The van der Waals surface area contributed by atoms with E-state index < -0.39 is 0 Å². The second kappa shape index (κ2) is 4.13. The van der Waals surface area contributed by atoms with Crippen LogP contribution in [-0.2, 0) is 0 Å². The molecule has 1 fully saturated rings. The van der Waals surface area contributed by atoms with Gasteiger partial charge >= 0.3 is 0 Å². The first-order chi connectivity index (χ1) is 7.63. The number of nitrogens with zero attached hydrogens (tertiary/aromatic N) is 2. The van der Waals surface area contributed by atoms with Crippen LogP contribution in [0, 0.1) is 5.92 Å². The fourth-order valence-electron chi connectivity index (χ4n) is 1.95. The molecule has 6 nitrogen and oxygen atoms in total. The van der Waals surface area contributed by atoms with Crippen molar-refractivity contribution in [3.8, 4) is 5.75 Å². The Balaban J connectivity index is 2.34. The van der Waals surface area contributed by atoms with E-state index in [1.165, 1.54) is 13.4 Å². The highest BCUT2D eigenvalue weighted by Crippen LogP contribution is 2.26. The van der Waals surface area contributed by atoms with Crippen LogP contribution in [0.25, 0.3) is 0 Å². The molecule has 88 valence electrons. The molecule has 2 heterocycles. The Labute approximate surface area is 93.4 Å². The van der Waals surface area contributed by atoms with E-state index in [9.17, 15) is 4.79 Å². The van der Waals surface area contributed by atoms with Crippen LogP contribution in [0.4, 0.5) is 5.82 Å². The van der Waals surface area contributed by atoms with Crippen LogP contribution in [-0.4, -0.2) is 36.2 Å².